The van der Waals surface area contributed by atoms with Gasteiger partial charge in [-0.2, -0.15) is 9.78 Å². The molecule has 0 aliphatic rings. The molecule has 0 bridgehead atoms. The van der Waals surface area contributed by atoms with Gasteiger partial charge in [-0.05, 0) is 36.3 Å². The molecular weight excluding hydrogens is 446 g/mol. The molecule has 5 heteroatoms. The molecule has 0 unspecified atom stereocenters. The van der Waals surface area contributed by atoms with Crippen LogP contribution in [0.25, 0.3) is 11.8 Å². The van der Waals surface area contributed by atoms with Gasteiger partial charge in [0, 0.05) is 0 Å². The summed E-state index contributed by atoms with van der Waals surface area (Å²) in [5.41, 5.74) is 3.65. The smallest absolute Gasteiger partial charge is 0.259 e. The van der Waals surface area contributed by atoms with Crippen LogP contribution in [0.3, 0.4) is 0 Å². The highest BCUT2D eigenvalue weighted by Gasteiger charge is 2.27. The number of carbonyl (C=O) groups excluding carboxylic acids is 1. The van der Waals surface area contributed by atoms with E-state index in [1.54, 1.807) is 11.8 Å². The fourth-order valence-corrected chi connectivity index (χ4v) is 3.92. The minimum absolute atomic E-state index is 0.274. The zero-order chi connectivity index (χ0) is 25.2. The van der Waals surface area contributed by atoms with Crippen LogP contribution in [0.2, 0.25) is 0 Å². The Morgan fingerprint density at radius 2 is 1.39 bits per heavy atom. The van der Waals surface area contributed by atoms with Crippen LogP contribution in [-0.2, 0) is 0 Å². The number of benzene rings is 3. The first kappa shape index (κ1) is 24.5. The summed E-state index contributed by atoms with van der Waals surface area (Å²) in [7, 11) is 1.55. The van der Waals surface area contributed by atoms with Crippen LogP contribution in [-0.4, -0.2) is 22.8 Å². The average Bonchev–Trinajstić information content (AvgIpc) is 3.31. The fourth-order valence-electron chi connectivity index (χ4n) is 3.92. The maximum absolute atomic E-state index is 13.9. The molecule has 1 amide bonds. The lowest BCUT2D eigenvalue weighted by Gasteiger charge is -2.20. The summed E-state index contributed by atoms with van der Waals surface area (Å²) in [6.07, 6.45) is 11.4. The summed E-state index contributed by atoms with van der Waals surface area (Å²) >= 11 is 0. The summed E-state index contributed by atoms with van der Waals surface area (Å²) in [5.74, 6) is 0.0967. The standard InChI is InChI=1S/C31H29N3O2/c1-3-4-5-6-16-23-27-28(31(36-2)34(33-27)26-21-14-9-15-22-26)30(35)32-29(24-17-10-7-11-18-24)25-19-12-8-13-20-25/h3-23,29H,1-2H3,(H,32,35)/b4-3-,6-5-,23-16+. The molecule has 5 nitrogen and oxygen atoms in total. The van der Waals surface area contributed by atoms with Crippen molar-refractivity contribution in [1.29, 1.82) is 0 Å². The Kier molecular flexibility index (Phi) is 8.28. The van der Waals surface area contributed by atoms with Crippen molar-refractivity contribution in [2.45, 2.75) is 13.0 Å². The molecule has 3 aromatic carbocycles. The lowest BCUT2D eigenvalue weighted by Crippen LogP contribution is -2.30. The number of para-hydroxylation sites is 1. The van der Waals surface area contributed by atoms with Crippen LogP contribution in [0.15, 0.2) is 121 Å². The number of allylic oxidation sites excluding steroid dienone is 5. The molecule has 4 rings (SSSR count). The number of carbonyl (C=O) groups is 1. The number of aromatic nitrogens is 2. The fraction of sp³-hybridized carbons (Fsp3) is 0.0968. The molecule has 1 aromatic heterocycles. The van der Waals surface area contributed by atoms with Crippen molar-refractivity contribution < 1.29 is 9.53 Å². The summed E-state index contributed by atoms with van der Waals surface area (Å²) in [6, 6.07) is 29.1. The van der Waals surface area contributed by atoms with Gasteiger partial charge in [-0.3, -0.25) is 4.79 Å². The SMILES string of the molecule is C\C=C/C=C\C=C\c1nn(-c2ccccc2)c(OC)c1C(=O)NC(c1ccccc1)c1ccccc1. The number of hydrogen-bond acceptors (Lipinski definition) is 3. The van der Waals surface area contributed by atoms with Crippen molar-refractivity contribution in [1.82, 2.24) is 15.1 Å². The Morgan fingerprint density at radius 1 is 0.833 bits per heavy atom. The van der Waals surface area contributed by atoms with Crippen molar-refractivity contribution in [3.63, 3.8) is 0 Å². The van der Waals surface area contributed by atoms with Crippen LogP contribution >= 0.6 is 0 Å². The van der Waals surface area contributed by atoms with Crippen LogP contribution in [0.5, 0.6) is 5.88 Å². The Labute approximate surface area is 212 Å². The molecule has 180 valence electrons. The summed E-state index contributed by atoms with van der Waals surface area (Å²) in [5, 5.41) is 7.96. The van der Waals surface area contributed by atoms with Gasteiger partial charge < -0.3 is 10.1 Å². The van der Waals surface area contributed by atoms with Crippen LogP contribution in [0, 0.1) is 0 Å². The molecule has 0 saturated heterocycles. The van der Waals surface area contributed by atoms with Gasteiger partial charge >= 0.3 is 0 Å². The second-order valence-electron chi connectivity index (χ2n) is 8.01. The molecule has 36 heavy (non-hydrogen) atoms. The highest BCUT2D eigenvalue weighted by atomic mass is 16.5. The van der Waals surface area contributed by atoms with E-state index in [1.165, 1.54) is 0 Å². The number of methoxy groups -OCH3 is 1. The zero-order valence-electron chi connectivity index (χ0n) is 20.4. The zero-order valence-corrected chi connectivity index (χ0v) is 20.4. The number of ether oxygens (including phenoxy) is 1. The molecule has 1 N–H and O–H groups in total. The minimum Gasteiger partial charge on any atom is -0.480 e. The second kappa shape index (κ2) is 12.2. The van der Waals surface area contributed by atoms with Gasteiger partial charge in [0.15, 0.2) is 0 Å². The Hall–Kier alpha value is -4.64. The third-order valence-corrected chi connectivity index (χ3v) is 5.61. The van der Waals surface area contributed by atoms with Crippen LogP contribution in [0.1, 0.15) is 40.1 Å². The van der Waals surface area contributed by atoms with E-state index >= 15 is 0 Å². The van der Waals surface area contributed by atoms with Gasteiger partial charge in [-0.15, -0.1) is 0 Å². The highest BCUT2D eigenvalue weighted by molar-refractivity contribution is 6.00. The van der Waals surface area contributed by atoms with Crippen LogP contribution in [0.4, 0.5) is 0 Å². The number of nitrogens with one attached hydrogen (secondary N) is 1. The van der Waals surface area contributed by atoms with E-state index < -0.39 is 0 Å². The number of nitrogens with zero attached hydrogens (tertiary/aromatic N) is 2. The van der Waals surface area contributed by atoms with E-state index in [2.05, 4.69) is 5.32 Å². The van der Waals surface area contributed by atoms with Crippen molar-refractivity contribution >= 4 is 12.0 Å². The van der Waals surface area contributed by atoms with Crippen molar-refractivity contribution in [3.8, 4) is 11.6 Å². The predicted octanol–water partition coefficient (Wildman–Crippen LogP) is 6.55. The third kappa shape index (κ3) is 5.70. The summed E-state index contributed by atoms with van der Waals surface area (Å²) < 4.78 is 7.40. The largest absolute Gasteiger partial charge is 0.480 e. The van der Waals surface area contributed by atoms with Crippen molar-refractivity contribution in [2.24, 2.45) is 0 Å². The number of rotatable bonds is 9. The summed E-state index contributed by atoms with van der Waals surface area (Å²) in [6.45, 7) is 1.96. The minimum atomic E-state index is -0.337. The van der Waals surface area contributed by atoms with E-state index in [9.17, 15) is 4.79 Å². The van der Waals surface area contributed by atoms with Gasteiger partial charge in [-0.25, -0.2) is 0 Å². The first-order chi connectivity index (χ1) is 17.7. The van der Waals surface area contributed by atoms with Gasteiger partial charge in [0.1, 0.15) is 11.3 Å². The monoisotopic (exact) mass is 475 g/mol. The molecule has 0 fully saturated rings. The maximum atomic E-state index is 13.9. The van der Waals surface area contributed by atoms with E-state index in [1.807, 2.05) is 134 Å². The van der Waals surface area contributed by atoms with Crippen molar-refractivity contribution in [2.75, 3.05) is 7.11 Å². The van der Waals surface area contributed by atoms with Crippen LogP contribution < -0.4 is 10.1 Å². The lowest BCUT2D eigenvalue weighted by atomic mass is 9.98. The first-order valence-corrected chi connectivity index (χ1v) is 11.8. The second-order valence-corrected chi connectivity index (χ2v) is 8.01. The van der Waals surface area contributed by atoms with E-state index in [0.29, 0.717) is 17.1 Å². The highest BCUT2D eigenvalue weighted by Crippen LogP contribution is 2.29. The van der Waals surface area contributed by atoms with Gasteiger partial charge in [0.25, 0.3) is 5.91 Å². The normalized spacial score (nSPS) is 11.6. The predicted molar refractivity (Wildman–Crippen MR) is 145 cm³/mol. The van der Waals surface area contributed by atoms with Gasteiger partial charge in [0.05, 0.1) is 18.8 Å². The molecule has 0 saturated carbocycles. The molecule has 1 heterocycles. The van der Waals surface area contributed by atoms with Crippen molar-refractivity contribution in [3.05, 3.63) is 144 Å². The molecular formula is C31H29N3O2. The average molecular weight is 476 g/mol. The van der Waals surface area contributed by atoms with Gasteiger partial charge in [0.2, 0.25) is 5.88 Å². The third-order valence-electron chi connectivity index (χ3n) is 5.61. The molecule has 0 aliphatic heterocycles. The number of hydrogen-bond donors (Lipinski definition) is 1. The Balaban J connectivity index is 1.78. The topological polar surface area (TPSA) is 56.2 Å². The molecule has 4 aromatic rings. The van der Waals surface area contributed by atoms with E-state index in [0.717, 1.165) is 16.8 Å². The van der Waals surface area contributed by atoms with E-state index in [-0.39, 0.29) is 11.9 Å². The Morgan fingerprint density at radius 3 is 1.94 bits per heavy atom. The number of amides is 1. The molecule has 0 radical (unpaired) electrons. The molecule has 0 spiro atoms. The lowest BCUT2D eigenvalue weighted by molar-refractivity contribution is 0.0939. The summed E-state index contributed by atoms with van der Waals surface area (Å²) in [4.78, 5) is 13.9. The quantitative estimate of drug-likeness (QED) is 0.280. The maximum Gasteiger partial charge on any atom is 0.259 e. The Bertz CT molecular complexity index is 1320. The van der Waals surface area contributed by atoms with E-state index in [4.69, 9.17) is 9.84 Å². The molecule has 0 aliphatic carbocycles. The van der Waals surface area contributed by atoms with Gasteiger partial charge in [-0.1, -0.05) is 109 Å². The first-order valence-electron chi connectivity index (χ1n) is 11.8. The molecule has 0 atom stereocenters.